The fraction of sp³-hybridized carbons (Fsp3) is 0.773. The van der Waals surface area contributed by atoms with Gasteiger partial charge in [-0.15, -0.1) is 0 Å². The first-order valence-electron chi connectivity index (χ1n) is 10.6. The summed E-state index contributed by atoms with van der Waals surface area (Å²) in [6.45, 7) is 6.92. The SMILES string of the molecule is CC(C)(O)/C=C/[C@@]12[C@H]3[C@@H](O)[C@@H]4O[C@@H]4[C@]1(O)OC(C)(C)[C@H]2C=C1C(=O)[C@H]2O[C@H]2[C@H](O)[C@H]13. The van der Waals surface area contributed by atoms with Crippen molar-refractivity contribution < 1.29 is 39.4 Å². The van der Waals surface area contributed by atoms with Crippen LogP contribution in [0.4, 0.5) is 0 Å². The number of ketones is 1. The van der Waals surface area contributed by atoms with Gasteiger partial charge in [-0.1, -0.05) is 18.2 Å². The number of aliphatic hydroxyl groups excluding tert-OH is 2. The molecule has 11 atom stereocenters. The van der Waals surface area contributed by atoms with E-state index in [1.807, 2.05) is 13.8 Å². The van der Waals surface area contributed by atoms with Gasteiger partial charge in [0.15, 0.2) is 5.78 Å². The van der Waals surface area contributed by atoms with E-state index in [2.05, 4.69) is 0 Å². The summed E-state index contributed by atoms with van der Waals surface area (Å²) in [6.07, 6.45) is 0.494. The fourth-order valence-corrected chi connectivity index (χ4v) is 6.90. The first-order valence-corrected chi connectivity index (χ1v) is 10.6. The third kappa shape index (κ3) is 2.09. The molecule has 6 aliphatic rings. The normalized spacial score (nSPS) is 57.3. The number of rotatable bonds is 2. The Kier molecular flexibility index (Phi) is 3.43. The first kappa shape index (κ1) is 19.5. The second-order valence-corrected chi connectivity index (χ2v) is 10.9. The quantitative estimate of drug-likeness (QED) is 0.345. The molecule has 0 aromatic rings. The van der Waals surface area contributed by atoms with Crippen LogP contribution in [0.1, 0.15) is 27.7 Å². The fourth-order valence-electron chi connectivity index (χ4n) is 6.90. The molecule has 3 saturated heterocycles. The highest BCUT2D eigenvalue weighted by atomic mass is 16.7. The van der Waals surface area contributed by atoms with Gasteiger partial charge in [-0.3, -0.25) is 4.79 Å². The summed E-state index contributed by atoms with van der Waals surface area (Å²) in [7, 11) is 0. The molecular formula is C22H28O8. The van der Waals surface area contributed by atoms with Crippen molar-refractivity contribution in [3.05, 3.63) is 23.8 Å². The van der Waals surface area contributed by atoms with Crippen molar-refractivity contribution in [3.63, 3.8) is 0 Å². The van der Waals surface area contributed by atoms with Crippen LogP contribution >= 0.6 is 0 Å². The van der Waals surface area contributed by atoms with Crippen LogP contribution in [0.15, 0.2) is 23.8 Å². The van der Waals surface area contributed by atoms with Crippen molar-refractivity contribution in [1.29, 1.82) is 0 Å². The van der Waals surface area contributed by atoms with E-state index in [-0.39, 0.29) is 5.78 Å². The maximum atomic E-state index is 13.0. The summed E-state index contributed by atoms with van der Waals surface area (Å²) in [6, 6.07) is 0. The highest BCUT2D eigenvalue weighted by Gasteiger charge is 2.84. The van der Waals surface area contributed by atoms with Gasteiger partial charge in [0.2, 0.25) is 5.79 Å². The summed E-state index contributed by atoms with van der Waals surface area (Å²) < 4.78 is 17.4. The molecule has 2 saturated carbocycles. The van der Waals surface area contributed by atoms with Gasteiger partial charge in [-0.25, -0.2) is 0 Å². The predicted octanol–water partition coefficient (Wildman–Crippen LogP) is -0.561. The van der Waals surface area contributed by atoms with Gasteiger partial charge in [0.25, 0.3) is 0 Å². The monoisotopic (exact) mass is 420 g/mol. The van der Waals surface area contributed by atoms with E-state index in [1.54, 1.807) is 32.1 Å². The zero-order chi connectivity index (χ0) is 21.6. The Balaban J connectivity index is 1.63. The summed E-state index contributed by atoms with van der Waals surface area (Å²) >= 11 is 0. The van der Waals surface area contributed by atoms with Gasteiger partial charge in [0, 0.05) is 23.3 Å². The predicted molar refractivity (Wildman–Crippen MR) is 101 cm³/mol. The molecule has 3 heterocycles. The molecular weight excluding hydrogens is 392 g/mol. The highest BCUT2D eigenvalue weighted by molar-refractivity contribution is 6.03. The molecule has 0 bridgehead atoms. The standard InChI is InChI=1S/C22H28O8/c1-19(2,26)5-6-21-9-7-8-10(13(24)16-15(28-16)12(8)23)11(21)14(25)17-18(29-17)22(21,27)30-20(9,3)4/h5-7,9-11,13-18,24-27H,1-4H3/b6-5+/t9-,10-,11-,13-,14-,15-,16+,17+,18+,21-,22+/m1/s1. The third-order valence-electron chi connectivity index (χ3n) is 8.10. The molecule has 3 aliphatic carbocycles. The van der Waals surface area contributed by atoms with E-state index in [4.69, 9.17) is 14.2 Å². The van der Waals surface area contributed by atoms with Crippen LogP contribution in [0, 0.1) is 23.2 Å². The van der Waals surface area contributed by atoms with Crippen LogP contribution in [-0.2, 0) is 19.0 Å². The Morgan fingerprint density at radius 1 is 1.13 bits per heavy atom. The summed E-state index contributed by atoms with van der Waals surface area (Å²) in [5.41, 5.74) is -2.84. The molecule has 0 amide bonds. The number of carbonyl (C=O) groups excluding carboxylic acids is 1. The Hall–Kier alpha value is -1.13. The number of hydrogen-bond acceptors (Lipinski definition) is 8. The lowest BCUT2D eigenvalue weighted by atomic mass is 9.46. The number of carbonyl (C=O) groups is 1. The molecule has 0 spiro atoms. The van der Waals surface area contributed by atoms with Gasteiger partial charge in [-0.05, 0) is 27.7 Å². The zero-order valence-electron chi connectivity index (χ0n) is 17.4. The smallest absolute Gasteiger partial charge is 0.205 e. The van der Waals surface area contributed by atoms with Crippen LogP contribution in [-0.4, -0.2) is 79.8 Å². The molecule has 8 heteroatoms. The summed E-state index contributed by atoms with van der Waals surface area (Å²) in [5.74, 6) is -3.92. The van der Waals surface area contributed by atoms with E-state index in [0.29, 0.717) is 5.57 Å². The third-order valence-corrected chi connectivity index (χ3v) is 8.10. The Morgan fingerprint density at radius 2 is 1.83 bits per heavy atom. The lowest BCUT2D eigenvalue weighted by molar-refractivity contribution is -0.281. The van der Waals surface area contributed by atoms with Crippen LogP contribution in [0.25, 0.3) is 0 Å². The van der Waals surface area contributed by atoms with Crippen LogP contribution in [0.2, 0.25) is 0 Å². The molecule has 164 valence electrons. The van der Waals surface area contributed by atoms with E-state index < -0.39 is 76.8 Å². The van der Waals surface area contributed by atoms with E-state index in [0.717, 1.165) is 0 Å². The second-order valence-electron chi connectivity index (χ2n) is 10.9. The number of ether oxygens (including phenoxy) is 3. The lowest BCUT2D eigenvalue weighted by Crippen LogP contribution is -2.68. The lowest BCUT2D eigenvalue weighted by Gasteiger charge is -2.56. The average Bonchev–Trinajstić information content (AvgIpc) is 3.51. The van der Waals surface area contributed by atoms with Crippen molar-refractivity contribution in [2.75, 3.05) is 0 Å². The van der Waals surface area contributed by atoms with Crippen molar-refractivity contribution in [2.24, 2.45) is 23.2 Å². The molecule has 3 aliphatic heterocycles. The zero-order valence-corrected chi connectivity index (χ0v) is 17.4. The van der Waals surface area contributed by atoms with Gasteiger partial charge < -0.3 is 34.6 Å². The van der Waals surface area contributed by atoms with E-state index in [1.165, 1.54) is 0 Å². The molecule has 30 heavy (non-hydrogen) atoms. The molecule has 0 aromatic carbocycles. The van der Waals surface area contributed by atoms with Crippen LogP contribution in [0.3, 0.4) is 0 Å². The minimum Gasteiger partial charge on any atom is -0.390 e. The molecule has 8 nitrogen and oxygen atoms in total. The van der Waals surface area contributed by atoms with Gasteiger partial charge in [0.05, 0.1) is 28.8 Å². The number of Topliss-reactive ketones (excluding diaryl/α,β-unsaturated/α-hetero) is 1. The topological polar surface area (TPSA) is 132 Å². The molecule has 4 N–H and O–H groups in total. The Labute approximate surface area is 174 Å². The maximum absolute atomic E-state index is 13.0. The largest absolute Gasteiger partial charge is 0.390 e. The molecule has 6 rings (SSSR count). The number of epoxide rings is 2. The average molecular weight is 420 g/mol. The summed E-state index contributed by atoms with van der Waals surface area (Å²) in [5, 5.41) is 44.7. The Bertz CT molecular complexity index is 901. The van der Waals surface area contributed by atoms with Crippen molar-refractivity contribution in [3.8, 4) is 0 Å². The van der Waals surface area contributed by atoms with Gasteiger partial charge >= 0.3 is 0 Å². The minimum atomic E-state index is -1.77. The second kappa shape index (κ2) is 5.26. The number of aliphatic hydroxyl groups is 4. The van der Waals surface area contributed by atoms with Crippen molar-refractivity contribution in [2.45, 2.75) is 81.3 Å². The van der Waals surface area contributed by atoms with E-state index >= 15 is 0 Å². The number of fused-ring (bicyclic) bond motifs is 5. The van der Waals surface area contributed by atoms with Crippen LogP contribution < -0.4 is 0 Å². The van der Waals surface area contributed by atoms with Crippen LogP contribution in [0.5, 0.6) is 0 Å². The molecule has 5 fully saturated rings. The van der Waals surface area contributed by atoms with Crippen molar-refractivity contribution >= 4 is 5.78 Å². The van der Waals surface area contributed by atoms with Gasteiger partial charge in [0.1, 0.15) is 24.4 Å². The number of hydrogen-bond donors (Lipinski definition) is 4. The first-order chi connectivity index (χ1) is 13.8. The van der Waals surface area contributed by atoms with Gasteiger partial charge in [-0.2, -0.15) is 0 Å². The minimum absolute atomic E-state index is 0.173. The van der Waals surface area contributed by atoms with Crippen molar-refractivity contribution in [1.82, 2.24) is 0 Å². The molecule has 0 unspecified atom stereocenters. The molecule has 0 aromatic heterocycles. The highest BCUT2D eigenvalue weighted by Crippen LogP contribution is 2.72. The summed E-state index contributed by atoms with van der Waals surface area (Å²) in [4.78, 5) is 13.0. The molecule has 0 radical (unpaired) electrons. The maximum Gasteiger partial charge on any atom is 0.205 e. The Morgan fingerprint density at radius 3 is 2.50 bits per heavy atom. The van der Waals surface area contributed by atoms with E-state index in [9.17, 15) is 25.2 Å².